The summed E-state index contributed by atoms with van der Waals surface area (Å²) < 4.78 is 0. The van der Waals surface area contributed by atoms with Crippen LogP contribution in [0.4, 0.5) is 0 Å². The Morgan fingerprint density at radius 1 is 0.882 bits per heavy atom. The lowest BCUT2D eigenvalue weighted by Crippen LogP contribution is -2.44. The number of amides is 3. The number of imide groups is 1. The molecule has 7 heteroatoms. The van der Waals surface area contributed by atoms with E-state index < -0.39 is 11.9 Å². The van der Waals surface area contributed by atoms with Crippen LogP contribution in [0.5, 0.6) is 0 Å². The zero-order valence-corrected chi connectivity index (χ0v) is 19.4. The second kappa shape index (κ2) is 10.2. The lowest BCUT2D eigenvalue weighted by Gasteiger charge is -2.35. The SMILES string of the molecule is CCN1C(=O)c2ccccc2C1=O.O=C(O)[C@H]1CCCCC1C(=O)N1CCc2ccccc2C1. The van der Waals surface area contributed by atoms with E-state index in [2.05, 4.69) is 12.1 Å². The summed E-state index contributed by atoms with van der Waals surface area (Å²) in [5.74, 6) is -1.96. The van der Waals surface area contributed by atoms with Crippen molar-refractivity contribution in [1.82, 2.24) is 9.80 Å². The van der Waals surface area contributed by atoms with Crippen molar-refractivity contribution in [2.24, 2.45) is 11.8 Å². The van der Waals surface area contributed by atoms with Crippen LogP contribution in [0.3, 0.4) is 0 Å². The van der Waals surface area contributed by atoms with Gasteiger partial charge in [0.25, 0.3) is 11.8 Å². The fraction of sp³-hybridized carbons (Fsp3) is 0.407. The van der Waals surface area contributed by atoms with E-state index in [4.69, 9.17) is 0 Å². The van der Waals surface area contributed by atoms with E-state index in [1.165, 1.54) is 16.0 Å². The summed E-state index contributed by atoms with van der Waals surface area (Å²) in [5.41, 5.74) is 3.54. The van der Waals surface area contributed by atoms with Gasteiger partial charge < -0.3 is 10.0 Å². The van der Waals surface area contributed by atoms with Crippen LogP contribution in [0.15, 0.2) is 48.5 Å². The van der Waals surface area contributed by atoms with E-state index >= 15 is 0 Å². The van der Waals surface area contributed by atoms with Crippen molar-refractivity contribution >= 4 is 23.7 Å². The molecule has 7 nitrogen and oxygen atoms in total. The zero-order chi connectivity index (χ0) is 24.2. The molecule has 5 rings (SSSR count). The van der Waals surface area contributed by atoms with Gasteiger partial charge in [0.2, 0.25) is 5.91 Å². The molecule has 0 radical (unpaired) electrons. The fourth-order valence-corrected chi connectivity index (χ4v) is 5.17. The minimum atomic E-state index is -0.814. The van der Waals surface area contributed by atoms with Gasteiger partial charge in [-0.1, -0.05) is 49.2 Å². The van der Waals surface area contributed by atoms with Crippen molar-refractivity contribution in [2.45, 2.75) is 45.6 Å². The van der Waals surface area contributed by atoms with Crippen molar-refractivity contribution in [3.05, 3.63) is 70.8 Å². The van der Waals surface area contributed by atoms with Gasteiger partial charge in [0.15, 0.2) is 0 Å². The highest BCUT2D eigenvalue weighted by Gasteiger charge is 2.38. The van der Waals surface area contributed by atoms with Crippen LogP contribution in [0.25, 0.3) is 0 Å². The number of hydrogen-bond donors (Lipinski definition) is 1. The van der Waals surface area contributed by atoms with Crippen LogP contribution in [0.2, 0.25) is 0 Å². The number of carbonyl (C=O) groups excluding carboxylic acids is 3. The van der Waals surface area contributed by atoms with Crippen molar-refractivity contribution in [2.75, 3.05) is 13.1 Å². The van der Waals surface area contributed by atoms with Crippen LogP contribution >= 0.6 is 0 Å². The number of benzene rings is 2. The van der Waals surface area contributed by atoms with E-state index in [0.29, 0.717) is 43.6 Å². The van der Waals surface area contributed by atoms with E-state index in [1.807, 2.05) is 17.0 Å². The number of aliphatic carboxylic acids is 1. The van der Waals surface area contributed by atoms with E-state index in [9.17, 15) is 24.3 Å². The quantitative estimate of drug-likeness (QED) is 0.701. The number of nitrogens with zero attached hydrogens (tertiary/aromatic N) is 2. The molecule has 1 N–H and O–H groups in total. The molecule has 1 unspecified atom stereocenters. The van der Waals surface area contributed by atoms with Crippen molar-refractivity contribution in [3.8, 4) is 0 Å². The normalized spacial score (nSPS) is 21.3. The lowest BCUT2D eigenvalue weighted by atomic mass is 9.78. The third kappa shape index (κ3) is 4.60. The maximum atomic E-state index is 12.7. The van der Waals surface area contributed by atoms with Gasteiger partial charge in [-0.3, -0.25) is 24.1 Å². The highest BCUT2D eigenvalue weighted by atomic mass is 16.4. The Balaban J connectivity index is 0.000000180. The van der Waals surface area contributed by atoms with Crippen molar-refractivity contribution in [1.29, 1.82) is 0 Å². The summed E-state index contributed by atoms with van der Waals surface area (Å²) in [6.45, 7) is 3.56. The molecule has 3 aliphatic rings. The summed E-state index contributed by atoms with van der Waals surface area (Å²) in [6.07, 6.45) is 4.10. The summed E-state index contributed by atoms with van der Waals surface area (Å²) in [6, 6.07) is 15.1. The van der Waals surface area contributed by atoms with E-state index in [-0.39, 0.29) is 23.6 Å². The number of fused-ring (bicyclic) bond motifs is 2. The molecular weight excluding hydrogens is 432 g/mol. The topological polar surface area (TPSA) is 95.0 Å². The Labute approximate surface area is 199 Å². The standard InChI is InChI=1S/C17H21NO3.C10H9NO2/c19-16(14-7-3-4-8-15(14)17(20)21)18-10-9-12-5-1-2-6-13(12)11-18;1-2-11-9(12)7-5-3-4-6-8(7)10(11)13/h1-2,5-6,14-15H,3-4,7-11H2,(H,20,21);3-6H,2H2,1H3/t14?,15-;/m0./s1. The molecule has 2 aromatic rings. The third-order valence-corrected chi connectivity index (χ3v) is 7.04. The smallest absolute Gasteiger partial charge is 0.307 e. The molecule has 2 aliphatic heterocycles. The third-order valence-electron chi connectivity index (χ3n) is 7.04. The molecule has 0 aromatic heterocycles. The molecule has 0 bridgehead atoms. The van der Waals surface area contributed by atoms with Crippen molar-refractivity contribution in [3.63, 3.8) is 0 Å². The first-order chi connectivity index (χ1) is 16.4. The van der Waals surface area contributed by atoms with Gasteiger partial charge in [0.05, 0.1) is 23.0 Å². The van der Waals surface area contributed by atoms with Crippen LogP contribution in [0, 0.1) is 11.8 Å². The van der Waals surface area contributed by atoms with Gasteiger partial charge in [0.1, 0.15) is 0 Å². The Bertz CT molecular complexity index is 1080. The predicted octanol–water partition coefficient (Wildman–Crippen LogP) is 3.76. The maximum absolute atomic E-state index is 12.7. The molecule has 3 amide bonds. The highest BCUT2D eigenvalue weighted by molar-refractivity contribution is 6.21. The number of carboxylic acids is 1. The molecule has 0 spiro atoms. The second-order valence-corrected chi connectivity index (χ2v) is 9.01. The summed E-state index contributed by atoms with van der Waals surface area (Å²) >= 11 is 0. The van der Waals surface area contributed by atoms with E-state index in [0.717, 1.165) is 19.3 Å². The summed E-state index contributed by atoms with van der Waals surface area (Å²) in [7, 11) is 0. The molecule has 2 atom stereocenters. The summed E-state index contributed by atoms with van der Waals surface area (Å²) in [5, 5.41) is 9.34. The molecule has 0 saturated heterocycles. The molecule has 2 heterocycles. The number of carbonyl (C=O) groups is 4. The van der Waals surface area contributed by atoms with Gasteiger partial charge in [-0.2, -0.15) is 0 Å². The monoisotopic (exact) mass is 462 g/mol. The molecule has 2 aromatic carbocycles. The highest BCUT2D eigenvalue weighted by Crippen LogP contribution is 2.33. The van der Waals surface area contributed by atoms with E-state index in [1.54, 1.807) is 31.2 Å². The van der Waals surface area contributed by atoms with Crippen LogP contribution < -0.4 is 0 Å². The molecule has 1 saturated carbocycles. The predicted molar refractivity (Wildman–Crippen MR) is 126 cm³/mol. The zero-order valence-electron chi connectivity index (χ0n) is 19.4. The summed E-state index contributed by atoms with van der Waals surface area (Å²) in [4.78, 5) is 50.3. The number of rotatable bonds is 3. The van der Waals surface area contributed by atoms with Gasteiger partial charge >= 0.3 is 5.97 Å². The van der Waals surface area contributed by atoms with Crippen LogP contribution in [0.1, 0.15) is 64.4 Å². The molecule has 34 heavy (non-hydrogen) atoms. The van der Waals surface area contributed by atoms with Gasteiger partial charge in [-0.15, -0.1) is 0 Å². The average molecular weight is 463 g/mol. The number of hydrogen-bond acceptors (Lipinski definition) is 4. The Morgan fingerprint density at radius 3 is 2.03 bits per heavy atom. The fourth-order valence-electron chi connectivity index (χ4n) is 5.17. The molecule has 1 aliphatic carbocycles. The largest absolute Gasteiger partial charge is 0.481 e. The Morgan fingerprint density at radius 2 is 1.44 bits per heavy atom. The first-order valence-electron chi connectivity index (χ1n) is 12.0. The Kier molecular flexibility index (Phi) is 7.10. The van der Waals surface area contributed by atoms with Crippen molar-refractivity contribution < 1.29 is 24.3 Å². The van der Waals surface area contributed by atoms with Gasteiger partial charge in [0, 0.05) is 19.6 Å². The maximum Gasteiger partial charge on any atom is 0.307 e. The second-order valence-electron chi connectivity index (χ2n) is 9.01. The minimum Gasteiger partial charge on any atom is -0.481 e. The first-order valence-corrected chi connectivity index (χ1v) is 12.0. The Hall–Kier alpha value is -3.48. The van der Waals surface area contributed by atoms with Crippen LogP contribution in [-0.2, 0) is 22.6 Å². The van der Waals surface area contributed by atoms with Gasteiger partial charge in [-0.25, -0.2) is 0 Å². The number of carboxylic acid groups (broad SMARTS) is 1. The lowest BCUT2D eigenvalue weighted by molar-refractivity contribution is -0.152. The average Bonchev–Trinajstić information content (AvgIpc) is 3.13. The van der Waals surface area contributed by atoms with Crippen LogP contribution in [-0.4, -0.2) is 51.7 Å². The molecular formula is C27H30N2O5. The molecule has 178 valence electrons. The first kappa shape index (κ1) is 23.7. The minimum absolute atomic E-state index is 0.0385. The van der Waals surface area contributed by atoms with Gasteiger partial charge in [-0.05, 0) is 49.4 Å². The molecule has 1 fully saturated rings.